The molecule has 2 atom stereocenters. The standard InChI is InChI=1S/C14H27NO4/c1-8(2)10(15)11(16)18-12(9(3)4)19-13(17)14(5,6)7/h8-10,12H,15H2,1-7H3/t10-,12?/m0/s1. The van der Waals surface area contributed by atoms with E-state index < -0.39 is 29.7 Å². The van der Waals surface area contributed by atoms with E-state index in [1.54, 1.807) is 20.8 Å². The summed E-state index contributed by atoms with van der Waals surface area (Å²) in [6, 6.07) is -0.713. The quantitative estimate of drug-likeness (QED) is 0.613. The average Bonchev–Trinajstić information content (AvgIpc) is 2.24. The van der Waals surface area contributed by atoms with Crippen molar-refractivity contribution in [2.45, 2.75) is 60.8 Å². The van der Waals surface area contributed by atoms with E-state index in [1.807, 2.05) is 27.7 Å². The number of esters is 2. The molecule has 0 saturated heterocycles. The lowest BCUT2D eigenvalue weighted by molar-refractivity contribution is -0.202. The van der Waals surface area contributed by atoms with Crippen LogP contribution in [0.5, 0.6) is 0 Å². The number of hydrogen-bond acceptors (Lipinski definition) is 5. The lowest BCUT2D eigenvalue weighted by Gasteiger charge is -2.27. The summed E-state index contributed by atoms with van der Waals surface area (Å²) in [5.74, 6) is -1.11. The Bertz CT molecular complexity index is 318. The summed E-state index contributed by atoms with van der Waals surface area (Å²) in [5, 5.41) is 0. The Balaban J connectivity index is 4.69. The van der Waals surface area contributed by atoms with E-state index in [9.17, 15) is 9.59 Å². The highest BCUT2D eigenvalue weighted by Crippen LogP contribution is 2.20. The van der Waals surface area contributed by atoms with Crippen molar-refractivity contribution in [3.05, 3.63) is 0 Å². The highest BCUT2D eigenvalue weighted by molar-refractivity contribution is 5.77. The van der Waals surface area contributed by atoms with E-state index in [0.717, 1.165) is 0 Å². The van der Waals surface area contributed by atoms with Gasteiger partial charge in [-0.3, -0.25) is 9.59 Å². The predicted molar refractivity (Wildman–Crippen MR) is 73.1 cm³/mol. The third-order valence-electron chi connectivity index (χ3n) is 2.60. The van der Waals surface area contributed by atoms with Crippen molar-refractivity contribution in [2.75, 3.05) is 0 Å². The van der Waals surface area contributed by atoms with E-state index in [1.165, 1.54) is 0 Å². The molecular formula is C14H27NO4. The number of carbonyl (C=O) groups is 2. The Kier molecular flexibility index (Phi) is 6.49. The molecule has 0 aliphatic carbocycles. The molecule has 0 aromatic heterocycles. The largest absolute Gasteiger partial charge is 0.424 e. The molecule has 1 unspecified atom stereocenters. The molecule has 0 fully saturated rings. The Morgan fingerprint density at radius 3 is 1.74 bits per heavy atom. The average molecular weight is 273 g/mol. The molecule has 5 heteroatoms. The summed E-state index contributed by atoms with van der Waals surface area (Å²) in [6.45, 7) is 12.5. The maximum atomic E-state index is 11.8. The zero-order valence-corrected chi connectivity index (χ0v) is 13.0. The molecule has 0 rings (SSSR count). The molecule has 0 aliphatic rings. The molecule has 0 aromatic carbocycles. The van der Waals surface area contributed by atoms with Gasteiger partial charge in [-0.15, -0.1) is 0 Å². The van der Waals surface area contributed by atoms with Crippen molar-refractivity contribution >= 4 is 11.9 Å². The topological polar surface area (TPSA) is 78.6 Å². The highest BCUT2D eigenvalue weighted by Gasteiger charge is 2.31. The summed E-state index contributed by atoms with van der Waals surface area (Å²) in [4.78, 5) is 23.6. The van der Waals surface area contributed by atoms with E-state index in [0.29, 0.717) is 0 Å². The summed E-state index contributed by atoms with van der Waals surface area (Å²) in [7, 11) is 0. The number of ether oxygens (including phenoxy) is 2. The number of nitrogens with two attached hydrogens (primary N) is 1. The van der Waals surface area contributed by atoms with Gasteiger partial charge in [0.1, 0.15) is 6.04 Å². The van der Waals surface area contributed by atoms with Crippen LogP contribution in [0.4, 0.5) is 0 Å². The molecule has 2 N–H and O–H groups in total. The van der Waals surface area contributed by atoms with Gasteiger partial charge in [0, 0.05) is 5.92 Å². The Morgan fingerprint density at radius 1 is 0.947 bits per heavy atom. The number of rotatable bonds is 5. The fraction of sp³-hybridized carbons (Fsp3) is 0.857. The first kappa shape index (κ1) is 17.9. The Hall–Kier alpha value is -1.10. The smallest absolute Gasteiger partial charge is 0.326 e. The Morgan fingerprint density at radius 2 is 1.42 bits per heavy atom. The van der Waals surface area contributed by atoms with Gasteiger partial charge in [-0.25, -0.2) is 0 Å². The third kappa shape index (κ3) is 6.05. The van der Waals surface area contributed by atoms with Crippen LogP contribution in [0.25, 0.3) is 0 Å². The van der Waals surface area contributed by atoms with Crippen LogP contribution in [-0.2, 0) is 19.1 Å². The molecule has 0 spiro atoms. The van der Waals surface area contributed by atoms with Gasteiger partial charge in [-0.2, -0.15) is 0 Å². The zero-order chi connectivity index (χ0) is 15.4. The van der Waals surface area contributed by atoms with Crippen molar-refractivity contribution in [1.82, 2.24) is 0 Å². The first-order valence-electron chi connectivity index (χ1n) is 6.64. The van der Waals surface area contributed by atoms with Gasteiger partial charge in [0.05, 0.1) is 5.41 Å². The Labute approximate surface area is 115 Å². The molecule has 0 amide bonds. The van der Waals surface area contributed by atoms with Gasteiger partial charge in [0.2, 0.25) is 6.29 Å². The predicted octanol–water partition coefficient (Wildman–Crippen LogP) is 2.08. The first-order valence-corrected chi connectivity index (χ1v) is 6.64. The summed E-state index contributed by atoms with van der Waals surface area (Å²) < 4.78 is 10.4. The monoisotopic (exact) mass is 273 g/mol. The number of hydrogen-bond donors (Lipinski definition) is 1. The summed E-state index contributed by atoms with van der Waals surface area (Å²) in [5.41, 5.74) is 5.07. The van der Waals surface area contributed by atoms with Gasteiger partial charge in [-0.05, 0) is 26.7 Å². The third-order valence-corrected chi connectivity index (χ3v) is 2.60. The van der Waals surface area contributed by atoms with Gasteiger partial charge in [0.15, 0.2) is 0 Å². The maximum Gasteiger partial charge on any atom is 0.326 e. The molecule has 19 heavy (non-hydrogen) atoms. The van der Waals surface area contributed by atoms with E-state index >= 15 is 0 Å². The van der Waals surface area contributed by atoms with Crippen molar-refractivity contribution in [3.63, 3.8) is 0 Å². The zero-order valence-electron chi connectivity index (χ0n) is 13.0. The van der Waals surface area contributed by atoms with Crippen molar-refractivity contribution in [3.8, 4) is 0 Å². The fourth-order valence-electron chi connectivity index (χ4n) is 1.04. The van der Waals surface area contributed by atoms with Gasteiger partial charge in [0.25, 0.3) is 0 Å². The summed E-state index contributed by atoms with van der Waals surface area (Å²) in [6.07, 6.45) is -0.899. The van der Waals surface area contributed by atoms with Gasteiger partial charge < -0.3 is 15.2 Å². The minimum Gasteiger partial charge on any atom is -0.424 e. The van der Waals surface area contributed by atoms with Crippen LogP contribution in [0.3, 0.4) is 0 Å². The lowest BCUT2D eigenvalue weighted by atomic mass is 9.97. The molecule has 0 aromatic rings. The van der Waals surface area contributed by atoms with Crippen molar-refractivity contribution in [2.24, 2.45) is 23.0 Å². The molecular weight excluding hydrogens is 246 g/mol. The van der Waals surface area contributed by atoms with E-state index in [-0.39, 0.29) is 11.8 Å². The minimum atomic E-state index is -0.899. The molecule has 0 aliphatic heterocycles. The second-order valence-corrected chi connectivity index (χ2v) is 6.47. The SMILES string of the molecule is CC(C)C(OC(=O)[C@@H](N)C(C)C)OC(=O)C(C)(C)C. The molecule has 0 saturated carbocycles. The molecule has 0 bridgehead atoms. The van der Waals surface area contributed by atoms with Crippen LogP contribution < -0.4 is 5.73 Å². The van der Waals surface area contributed by atoms with Gasteiger partial charge in [-0.1, -0.05) is 27.7 Å². The summed E-state index contributed by atoms with van der Waals surface area (Å²) >= 11 is 0. The molecule has 0 heterocycles. The fourth-order valence-corrected chi connectivity index (χ4v) is 1.04. The van der Waals surface area contributed by atoms with Crippen LogP contribution >= 0.6 is 0 Å². The van der Waals surface area contributed by atoms with Crippen LogP contribution in [0.15, 0.2) is 0 Å². The van der Waals surface area contributed by atoms with Gasteiger partial charge >= 0.3 is 11.9 Å². The van der Waals surface area contributed by atoms with Crippen LogP contribution in [0, 0.1) is 17.3 Å². The highest BCUT2D eigenvalue weighted by atomic mass is 16.7. The normalized spacial score (nSPS) is 15.3. The van der Waals surface area contributed by atoms with Crippen LogP contribution in [-0.4, -0.2) is 24.3 Å². The first-order chi connectivity index (χ1) is 8.46. The molecule has 112 valence electrons. The second-order valence-electron chi connectivity index (χ2n) is 6.47. The maximum absolute atomic E-state index is 11.8. The van der Waals surface area contributed by atoms with Crippen LogP contribution in [0.1, 0.15) is 48.5 Å². The van der Waals surface area contributed by atoms with Crippen LogP contribution in [0.2, 0.25) is 0 Å². The second kappa shape index (κ2) is 6.89. The number of carbonyl (C=O) groups excluding carboxylic acids is 2. The molecule has 5 nitrogen and oxygen atoms in total. The van der Waals surface area contributed by atoms with Crippen molar-refractivity contribution < 1.29 is 19.1 Å². The minimum absolute atomic E-state index is 0.0290. The lowest BCUT2D eigenvalue weighted by Crippen LogP contribution is -2.42. The van der Waals surface area contributed by atoms with Crippen molar-refractivity contribution in [1.29, 1.82) is 0 Å². The van der Waals surface area contributed by atoms with E-state index in [2.05, 4.69) is 0 Å². The van der Waals surface area contributed by atoms with E-state index in [4.69, 9.17) is 15.2 Å². The molecule has 0 radical (unpaired) electrons.